The summed E-state index contributed by atoms with van der Waals surface area (Å²) in [5.41, 5.74) is 4.11. The molecule has 0 aliphatic carbocycles. The molecule has 3 aromatic rings. The highest BCUT2D eigenvalue weighted by Gasteiger charge is 2.16. The maximum atomic E-state index is 13.1. The molecule has 4 amide bonds. The minimum absolute atomic E-state index is 0.281. The Kier molecular flexibility index (Phi) is 8.76. The summed E-state index contributed by atoms with van der Waals surface area (Å²) >= 11 is 6.04. The molecular weight excluding hydrogens is 452 g/mol. The van der Waals surface area contributed by atoms with Crippen molar-refractivity contribution in [1.82, 2.24) is 5.32 Å². The van der Waals surface area contributed by atoms with Crippen LogP contribution in [-0.2, 0) is 0 Å². The van der Waals surface area contributed by atoms with E-state index in [1.165, 1.54) is 0 Å². The van der Waals surface area contributed by atoms with Crippen LogP contribution in [0.3, 0.4) is 0 Å². The Hall–Kier alpha value is -3.71. The molecule has 0 atom stereocenters. The fourth-order valence-corrected chi connectivity index (χ4v) is 3.67. The van der Waals surface area contributed by atoms with E-state index in [9.17, 15) is 9.59 Å². The first kappa shape index (κ1) is 24.9. The first-order valence-corrected chi connectivity index (χ1v) is 11.3. The van der Waals surface area contributed by atoms with E-state index in [2.05, 4.69) is 16.0 Å². The first-order valence-electron chi connectivity index (χ1n) is 11.0. The topological polar surface area (TPSA) is 82.7 Å². The minimum atomic E-state index is -0.299. The Morgan fingerprint density at radius 3 is 2.26 bits per heavy atom. The van der Waals surface area contributed by atoms with Gasteiger partial charge in [-0.2, -0.15) is 0 Å². The van der Waals surface area contributed by atoms with Crippen molar-refractivity contribution in [3.8, 4) is 5.75 Å². The van der Waals surface area contributed by atoms with Crippen molar-refractivity contribution < 1.29 is 14.3 Å². The molecule has 3 aromatic carbocycles. The zero-order valence-corrected chi connectivity index (χ0v) is 20.3. The highest BCUT2D eigenvalue weighted by molar-refractivity contribution is 6.30. The smallest absolute Gasteiger partial charge is 0.326 e. The highest BCUT2D eigenvalue weighted by Crippen LogP contribution is 2.22. The maximum absolute atomic E-state index is 13.1. The second kappa shape index (κ2) is 12.0. The Morgan fingerprint density at radius 1 is 0.941 bits per heavy atom. The van der Waals surface area contributed by atoms with Crippen molar-refractivity contribution in [1.29, 1.82) is 0 Å². The van der Waals surface area contributed by atoms with E-state index in [1.807, 2.05) is 44.2 Å². The summed E-state index contributed by atoms with van der Waals surface area (Å²) in [6.07, 6.45) is 0.551. The Labute approximate surface area is 205 Å². The Bertz CT molecular complexity index is 1110. The number of rotatable bonds is 8. The molecule has 0 fully saturated rings. The van der Waals surface area contributed by atoms with E-state index in [1.54, 1.807) is 48.4 Å². The minimum Gasteiger partial charge on any atom is -0.497 e. The lowest BCUT2D eigenvalue weighted by Gasteiger charge is -2.24. The summed E-state index contributed by atoms with van der Waals surface area (Å²) in [6.45, 7) is 4.69. The van der Waals surface area contributed by atoms with Gasteiger partial charge < -0.3 is 20.7 Å². The largest absolute Gasteiger partial charge is 0.497 e. The van der Waals surface area contributed by atoms with Gasteiger partial charge in [0.05, 0.1) is 7.11 Å². The number of aryl methyl sites for hydroxylation is 2. The van der Waals surface area contributed by atoms with Gasteiger partial charge in [0.15, 0.2) is 0 Å². The molecular formula is C26H29ClN4O3. The van der Waals surface area contributed by atoms with E-state index in [0.29, 0.717) is 41.7 Å². The van der Waals surface area contributed by atoms with Gasteiger partial charge in [0.1, 0.15) is 5.75 Å². The van der Waals surface area contributed by atoms with Gasteiger partial charge in [0.2, 0.25) is 0 Å². The number of nitrogens with one attached hydrogen (secondary N) is 3. The third-order valence-electron chi connectivity index (χ3n) is 5.27. The van der Waals surface area contributed by atoms with Gasteiger partial charge in [-0.15, -0.1) is 0 Å². The number of urea groups is 2. The number of benzene rings is 3. The highest BCUT2D eigenvalue weighted by atomic mass is 35.5. The summed E-state index contributed by atoms with van der Waals surface area (Å²) in [7, 11) is 1.59. The molecule has 0 unspecified atom stereocenters. The number of amides is 4. The number of anilines is 3. The van der Waals surface area contributed by atoms with Gasteiger partial charge in [-0.1, -0.05) is 35.9 Å². The SMILES string of the molecule is COc1ccc(N(CCCNC(=O)Nc2c(C)cccc2C)C(=O)Nc2cccc(Cl)c2)cc1. The molecule has 0 radical (unpaired) electrons. The molecule has 0 bridgehead atoms. The molecule has 0 aliphatic heterocycles. The van der Waals surface area contributed by atoms with E-state index in [-0.39, 0.29) is 12.1 Å². The second-order valence-electron chi connectivity index (χ2n) is 7.79. The molecule has 0 saturated carbocycles. The quantitative estimate of drug-likeness (QED) is 0.335. The molecule has 178 valence electrons. The fraction of sp³-hybridized carbons (Fsp3) is 0.231. The number of methoxy groups -OCH3 is 1. The van der Waals surface area contributed by atoms with Crippen LogP contribution in [-0.4, -0.2) is 32.3 Å². The number of hydrogen-bond donors (Lipinski definition) is 3. The van der Waals surface area contributed by atoms with Crippen LogP contribution in [0.4, 0.5) is 26.7 Å². The number of hydrogen-bond acceptors (Lipinski definition) is 3. The zero-order valence-electron chi connectivity index (χ0n) is 19.5. The van der Waals surface area contributed by atoms with Crippen LogP contribution in [0, 0.1) is 13.8 Å². The van der Waals surface area contributed by atoms with Crippen LogP contribution in [0.1, 0.15) is 17.5 Å². The lowest BCUT2D eigenvalue weighted by Crippen LogP contribution is -2.38. The van der Waals surface area contributed by atoms with E-state index in [0.717, 1.165) is 16.8 Å². The summed E-state index contributed by atoms with van der Waals surface area (Å²) in [5, 5.41) is 9.17. The fourth-order valence-electron chi connectivity index (χ4n) is 3.48. The average molecular weight is 481 g/mol. The number of para-hydroxylation sites is 1. The van der Waals surface area contributed by atoms with Crippen LogP contribution in [0.25, 0.3) is 0 Å². The number of carbonyl (C=O) groups is 2. The van der Waals surface area contributed by atoms with Crippen molar-refractivity contribution in [2.24, 2.45) is 0 Å². The van der Waals surface area contributed by atoms with Gasteiger partial charge in [-0.05, 0) is 73.9 Å². The molecule has 0 spiro atoms. The number of ether oxygens (including phenoxy) is 1. The van der Waals surface area contributed by atoms with Crippen LogP contribution in [0.2, 0.25) is 5.02 Å². The summed E-state index contributed by atoms with van der Waals surface area (Å²) in [5.74, 6) is 0.698. The normalized spacial score (nSPS) is 10.4. The third kappa shape index (κ3) is 6.89. The average Bonchev–Trinajstić information content (AvgIpc) is 2.81. The van der Waals surface area contributed by atoms with Crippen molar-refractivity contribution in [3.05, 3.63) is 82.9 Å². The molecule has 8 heteroatoms. The van der Waals surface area contributed by atoms with Crippen molar-refractivity contribution in [3.63, 3.8) is 0 Å². The molecule has 0 aromatic heterocycles. The van der Waals surface area contributed by atoms with Crippen molar-refractivity contribution >= 4 is 40.7 Å². The van der Waals surface area contributed by atoms with E-state index < -0.39 is 0 Å². The molecule has 0 saturated heterocycles. The molecule has 3 rings (SSSR count). The predicted molar refractivity (Wildman–Crippen MR) is 138 cm³/mol. The van der Waals surface area contributed by atoms with Gasteiger partial charge in [-0.25, -0.2) is 9.59 Å². The molecule has 0 heterocycles. The lowest BCUT2D eigenvalue weighted by molar-refractivity contribution is 0.252. The molecule has 7 nitrogen and oxygen atoms in total. The third-order valence-corrected chi connectivity index (χ3v) is 5.50. The van der Waals surface area contributed by atoms with Crippen LogP contribution in [0.15, 0.2) is 66.7 Å². The second-order valence-corrected chi connectivity index (χ2v) is 8.23. The van der Waals surface area contributed by atoms with Gasteiger partial charge in [0.25, 0.3) is 0 Å². The predicted octanol–water partition coefficient (Wildman–Crippen LogP) is 6.22. The van der Waals surface area contributed by atoms with Crippen molar-refractivity contribution in [2.75, 3.05) is 35.7 Å². The van der Waals surface area contributed by atoms with Crippen molar-refractivity contribution in [2.45, 2.75) is 20.3 Å². The first-order chi connectivity index (χ1) is 16.4. The van der Waals surface area contributed by atoms with Crippen LogP contribution >= 0.6 is 11.6 Å². The summed E-state index contributed by atoms with van der Waals surface area (Å²) in [4.78, 5) is 27.0. The van der Waals surface area contributed by atoms with Crippen LogP contribution in [0.5, 0.6) is 5.75 Å². The monoisotopic (exact) mass is 480 g/mol. The van der Waals surface area contributed by atoms with E-state index in [4.69, 9.17) is 16.3 Å². The number of nitrogens with zero attached hydrogens (tertiary/aromatic N) is 1. The molecule has 34 heavy (non-hydrogen) atoms. The molecule has 3 N–H and O–H groups in total. The lowest BCUT2D eigenvalue weighted by atomic mass is 10.1. The van der Waals surface area contributed by atoms with E-state index >= 15 is 0 Å². The number of carbonyl (C=O) groups excluding carboxylic acids is 2. The zero-order chi connectivity index (χ0) is 24.5. The van der Waals surface area contributed by atoms with Crippen LogP contribution < -0.4 is 25.6 Å². The Morgan fingerprint density at radius 2 is 1.62 bits per heavy atom. The van der Waals surface area contributed by atoms with Gasteiger partial charge >= 0.3 is 12.1 Å². The Balaban J connectivity index is 1.61. The molecule has 0 aliphatic rings. The summed E-state index contributed by atoms with van der Waals surface area (Å²) in [6, 6.07) is 19.5. The summed E-state index contributed by atoms with van der Waals surface area (Å²) < 4.78 is 5.22. The number of halogens is 1. The maximum Gasteiger partial charge on any atom is 0.326 e. The standard InChI is InChI=1S/C26H29ClN4O3/c1-18-7-4-8-19(2)24(18)30-25(32)28-15-6-16-31(22-11-13-23(34-3)14-12-22)26(33)29-21-10-5-9-20(27)17-21/h4-5,7-14,17H,6,15-16H2,1-3H3,(H,29,33)(H2,28,30,32). The van der Waals surface area contributed by atoms with Gasteiger partial charge in [0, 0.05) is 35.2 Å². The van der Waals surface area contributed by atoms with Gasteiger partial charge in [-0.3, -0.25) is 4.90 Å².